The van der Waals surface area contributed by atoms with Gasteiger partial charge in [0.1, 0.15) is 0 Å². The average molecular weight is 368 g/mol. The van der Waals surface area contributed by atoms with Crippen molar-refractivity contribution in [2.75, 3.05) is 12.4 Å². The number of sulfonamides is 1. The third-order valence-corrected chi connectivity index (χ3v) is 6.79. The summed E-state index contributed by atoms with van der Waals surface area (Å²) in [4.78, 5) is 12.3. The predicted octanol–water partition coefficient (Wildman–Crippen LogP) is 2.56. The Hall–Kier alpha value is -1.44. The summed E-state index contributed by atoms with van der Waals surface area (Å²) in [5, 5.41) is 2.71. The summed E-state index contributed by atoms with van der Waals surface area (Å²) in [7, 11) is -1.94. The van der Waals surface area contributed by atoms with E-state index in [0.717, 1.165) is 25.7 Å². The van der Waals surface area contributed by atoms with Gasteiger partial charge in [0.05, 0.1) is 10.9 Å². The highest BCUT2D eigenvalue weighted by molar-refractivity contribution is 7.89. The lowest BCUT2D eigenvalue weighted by Crippen LogP contribution is -2.40. The summed E-state index contributed by atoms with van der Waals surface area (Å²) in [6.07, 6.45) is 5.09. The van der Waals surface area contributed by atoms with Crippen LogP contribution in [0.25, 0.3) is 0 Å². The Morgan fingerprint density at radius 1 is 1.24 bits per heavy atom. The highest BCUT2D eigenvalue weighted by Crippen LogP contribution is 2.27. The monoisotopic (exact) mass is 367 g/mol. The Morgan fingerprint density at radius 2 is 1.88 bits per heavy atom. The van der Waals surface area contributed by atoms with Gasteiger partial charge in [0.2, 0.25) is 15.9 Å². The first-order valence-electron chi connectivity index (χ1n) is 8.88. The summed E-state index contributed by atoms with van der Waals surface area (Å²) >= 11 is 0. The van der Waals surface area contributed by atoms with Gasteiger partial charge >= 0.3 is 0 Å². The van der Waals surface area contributed by atoms with Crippen molar-refractivity contribution in [2.45, 2.75) is 62.9 Å². The zero-order valence-electron chi connectivity index (χ0n) is 15.2. The molecule has 2 rings (SSSR count). The van der Waals surface area contributed by atoms with E-state index in [2.05, 4.69) is 5.32 Å². The van der Waals surface area contributed by atoms with Crippen LogP contribution in [0.4, 0.5) is 5.69 Å². The van der Waals surface area contributed by atoms with Crippen molar-refractivity contribution in [3.05, 3.63) is 24.3 Å². The maximum atomic E-state index is 12.9. The molecule has 0 bridgehead atoms. The molecule has 1 amide bonds. The van der Waals surface area contributed by atoms with Gasteiger partial charge in [0.25, 0.3) is 0 Å². The lowest BCUT2D eigenvalue weighted by Gasteiger charge is -2.30. The van der Waals surface area contributed by atoms with Crippen LogP contribution in [0.5, 0.6) is 0 Å². The second-order valence-electron chi connectivity index (χ2n) is 7.10. The van der Waals surface area contributed by atoms with Crippen LogP contribution in [0.15, 0.2) is 29.2 Å². The zero-order valence-corrected chi connectivity index (χ0v) is 16.1. The number of amides is 1. The summed E-state index contributed by atoms with van der Waals surface area (Å²) in [5.41, 5.74) is 6.28. The lowest BCUT2D eigenvalue weighted by molar-refractivity contribution is -0.118. The van der Waals surface area contributed by atoms with Crippen LogP contribution < -0.4 is 11.1 Å². The van der Waals surface area contributed by atoms with Gasteiger partial charge in [-0.3, -0.25) is 4.79 Å². The Kier molecular flexibility index (Phi) is 6.59. The van der Waals surface area contributed by atoms with E-state index < -0.39 is 16.1 Å². The molecule has 0 saturated heterocycles. The quantitative estimate of drug-likeness (QED) is 0.808. The molecule has 1 aliphatic carbocycles. The fourth-order valence-electron chi connectivity index (χ4n) is 3.07. The Labute approximate surface area is 150 Å². The molecule has 6 nitrogen and oxygen atoms in total. The number of nitrogens with zero attached hydrogens (tertiary/aromatic N) is 1. The van der Waals surface area contributed by atoms with E-state index in [-0.39, 0.29) is 22.8 Å². The normalized spacial score (nSPS) is 17.7. The van der Waals surface area contributed by atoms with E-state index in [4.69, 9.17) is 5.73 Å². The van der Waals surface area contributed by atoms with Crippen LogP contribution in [-0.4, -0.2) is 37.8 Å². The highest BCUT2D eigenvalue weighted by atomic mass is 32.2. The van der Waals surface area contributed by atoms with Crippen molar-refractivity contribution < 1.29 is 13.2 Å². The van der Waals surface area contributed by atoms with Crippen molar-refractivity contribution >= 4 is 21.6 Å². The molecular formula is C18H29N3O3S. The van der Waals surface area contributed by atoms with E-state index in [1.165, 1.54) is 16.8 Å². The molecule has 1 aromatic rings. The number of hydrogen-bond donors (Lipinski definition) is 2. The molecule has 0 aliphatic heterocycles. The van der Waals surface area contributed by atoms with Gasteiger partial charge in [-0.25, -0.2) is 8.42 Å². The first kappa shape index (κ1) is 19.9. The first-order chi connectivity index (χ1) is 11.7. The number of nitrogens with one attached hydrogen (secondary N) is 1. The third kappa shape index (κ3) is 4.80. The topological polar surface area (TPSA) is 92.5 Å². The number of nitrogens with two attached hydrogens (primary N) is 1. The van der Waals surface area contributed by atoms with Gasteiger partial charge in [0, 0.05) is 18.8 Å². The summed E-state index contributed by atoms with van der Waals surface area (Å²) in [5.74, 6) is -0.311. The second-order valence-corrected chi connectivity index (χ2v) is 9.10. The zero-order chi connectivity index (χ0) is 18.6. The molecule has 0 radical (unpaired) electrons. The summed E-state index contributed by atoms with van der Waals surface area (Å²) < 4.78 is 27.3. The number of hydrogen-bond acceptors (Lipinski definition) is 4. The molecule has 0 aromatic heterocycles. The molecule has 1 aromatic carbocycles. The van der Waals surface area contributed by atoms with Gasteiger partial charge < -0.3 is 11.1 Å². The number of anilines is 1. The van der Waals surface area contributed by atoms with Crippen LogP contribution in [0.3, 0.4) is 0 Å². The second kappa shape index (κ2) is 8.29. The SMILES string of the molecule is CC(C)[C@H](N)C(=O)Nc1cccc(S(=O)(=O)N(C)C2CCCCC2)c1. The molecule has 25 heavy (non-hydrogen) atoms. The molecule has 140 valence electrons. The van der Waals surface area contributed by atoms with Crippen LogP contribution in [-0.2, 0) is 14.8 Å². The van der Waals surface area contributed by atoms with E-state index in [1.54, 1.807) is 25.2 Å². The Bertz CT molecular complexity index is 697. The third-order valence-electron chi connectivity index (χ3n) is 4.89. The molecule has 1 saturated carbocycles. The standard InChI is InChI=1S/C18H29N3O3S/c1-13(2)17(19)18(22)20-14-8-7-11-16(12-14)25(23,24)21(3)15-9-5-4-6-10-15/h7-8,11-13,15,17H,4-6,9-10,19H2,1-3H3,(H,20,22)/t17-/m0/s1. The van der Waals surface area contributed by atoms with Crippen molar-refractivity contribution in [3.63, 3.8) is 0 Å². The molecule has 0 spiro atoms. The number of rotatable bonds is 6. The van der Waals surface area contributed by atoms with Crippen LogP contribution >= 0.6 is 0 Å². The van der Waals surface area contributed by atoms with Gasteiger partial charge in [-0.2, -0.15) is 4.31 Å². The minimum atomic E-state index is -3.58. The molecule has 3 N–H and O–H groups in total. The van der Waals surface area contributed by atoms with Crippen LogP contribution in [0, 0.1) is 5.92 Å². The first-order valence-corrected chi connectivity index (χ1v) is 10.3. The highest BCUT2D eigenvalue weighted by Gasteiger charge is 2.29. The van der Waals surface area contributed by atoms with Crippen molar-refractivity contribution in [1.29, 1.82) is 0 Å². The number of carbonyl (C=O) groups excluding carboxylic acids is 1. The van der Waals surface area contributed by atoms with E-state index in [1.807, 2.05) is 13.8 Å². The van der Waals surface area contributed by atoms with Crippen molar-refractivity contribution in [3.8, 4) is 0 Å². The van der Waals surface area contributed by atoms with E-state index in [0.29, 0.717) is 5.69 Å². The molecule has 1 fully saturated rings. The lowest BCUT2D eigenvalue weighted by atomic mass is 9.96. The predicted molar refractivity (Wildman–Crippen MR) is 99.7 cm³/mol. The maximum absolute atomic E-state index is 12.9. The van der Waals surface area contributed by atoms with Crippen LogP contribution in [0.1, 0.15) is 46.0 Å². The van der Waals surface area contributed by atoms with Gasteiger partial charge in [-0.05, 0) is 37.0 Å². The Balaban J connectivity index is 2.17. The average Bonchev–Trinajstić information content (AvgIpc) is 2.61. The van der Waals surface area contributed by atoms with E-state index >= 15 is 0 Å². The molecule has 7 heteroatoms. The van der Waals surface area contributed by atoms with Gasteiger partial charge in [-0.1, -0.05) is 39.2 Å². The van der Waals surface area contributed by atoms with Crippen molar-refractivity contribution in [2.24, 2.45) is 11.7 Å². The van der Waals surface area contributed by atoms with Crippen molar-refractivity contribution in [1.82, 2.24) is 4.31 Å². The molecule has 0 heterocycles. The fourth-order valence-corrected chi connectivity index (χ4v) is 4.53. The molecule has 0 unspecified atom stereocenters. The van der Waals surface area contributed by atoms with E-state index in [9.17, 15) is 13.2 Å². The number of benzene rings is 1. The summed E-state index contributed by atoms with van der Waals surface area (Å²) in [6.45, 7) is 3.73. The minimum Gasteiger partial charge on any atom is -0.325 e. The maximum Gasteiger partial charge on any atom is 0.243 e. The summed E-state index contributed by atoms with van der Waals surface area (Å²) in [6, 6.07) is 5.78. The van der Waals surface area contributed by atoms with Crippen LogP contribution in [0.2, 0.25) is 0 Å². The Morgan fingerprint density at radius 3 is 2.48 bits per heavy atom. The van der Waals surface area contributed by atoms with Gasteiger partial charge in [-0.15, -0.1) is 0 Å². The fraction of sp³-hybridized carbons (Fsp3) is 0.611. The largest absolute Gasteiger partial charge is 0.325 e. The molecular weight excluding hydrogens is 338 g/mol. The minimum absolute atomic E-state index is 0.00403. The molecule has 1 atom stereocenters. The smallest absolute Gasteiger partial charge is 0.243 e. The molecule has 1 aliphatic rings. The number of carbonyl (C=O) groups is 1. The van der Waals surface area contributed by atoms with Gasteiger partial charge in [0.15, 0.2) is 0 Å².